The van der Waals surface area contributed by atoms with Gasteiger partial charge in [0, 0.05) is 48.5 Å². The summed E-state index contributed by atoms with van der Waals surface area (Å²) < 4.78 is 1.96. The molecule has 0 radical (unpaired) electrons. The van der Waals surface area contributed by atoms with Gasteiger partial charge in [-0.15, -0.1) is 0 Å². The molecule has 3 aromatic rings. The van der Waals surface area contributed by atoms with Crippen LogP contribution in [0.1, 0.15) is 31.4 Å². The number of fused-ring (bicyclic) bond motifs is 1. The molecular weight excluding hydrogens is 296 g/mol. The predicted octanol–water partition coefficient (Wildman–Crippen LogP) is 3.38. The van der Waals surface area contributed by atoms with Gasteiger partial charge >= 0.3 is 0 Å². The van der Waals surface area contributed by atoms with Gasteiger partial charge in [0.05, 0.1) is 6.54 Å². The van der Waals surface area contributed by atoms with Crippen molar-refractivity contribution in [2.75, 3.05) is 6.54 Å². The molecular formula is C20H22N4. The zero-order valence-corrected chi connectivity index (χ0v) is 14.2. The van der Waals surface area contributed by atoms with Crippen LogP contribution in [0.25, 0.3) is 5.78 Å². The Morgan fingerprint density at radius 2 is 2.04 bits per heavy atom. The second kappa shape index (κ2) is 7.76. The molecule has 0 amide bonds. The highest BCUT2D eigenvalue weighted by molar-refractivity contribution is 5.34. The van der Waals surface area contributed by atoms with E-state index in [0.717, 1.165) is 30.9 Å². The summed E-state index contributed by atoms with van der Waals surface area (Å²) in [6, 6.07) is 10.6. The van der Waals surface area contributed by atoms with Crippen molar-refractivity contribution in [3.8, 4) is 11.8 Å². The van der Waals surface area contributed by atoms with Gasteiger partial charge in [-0.2, -0.15) is 0 Å². The minimum atomic E-state index is 0.466. The number of nitrogens with zero attached hydrogens (tertiary/aromatic N) is 4. The Bertz CT molecular complexity index is 842. The summed E-state index contributed by atoms with van der Waals surface area (Å²) in [4.78, 5) is 11.0. The van der Waals surface area contributed by atoms with Crippen LogP contribution in [0.3, 0.4) is 0 Å². The second-order valence-electron chi connectivity index (χ2n) is 5.93. The fourth-order valence-corrected chi connectivity index (χ4v) is 2.57. The minimum absolute atomic E-state index is 0.466. The van der Waals surface area contributed by atoms with Gasteiger partial charge in [-0.05, 0) is 25.5 Å². The lowest BCUT2D eigenvalue weighted by Crippen LogP contribution is -2.32. The van der Waals surface area contributed by atoms with Crippen LogP contribution in [0.15, 0.2) is 55.1 Å². The number of rotatable bonds is 5. The van der Waals surface area contributed by atoms with E-state index >= 15 is 0 Å². The fraction of sp³-hybridized carbons (Fsp3) is 0.300. The van der Waals surface area contributed by atoms with Gasteiger partial charge in [0.15, 0.2) is 0 Å². The van der Waals surface area contributed by atoms with E-state index < -0.39 is 0 Å². The first-order valence-electron chi connectivity index (χ1n) is 8.32. The smallest absolute Gasteiger partial charge is 0.233 e. The van der Waals surface area contributed by atoms with Gasteiger partial charge in [-0.3, -0.25) is 9.30 Å². The average Bonchev–Trinajstić information content (AvgIpc) is 3.09. The highest BCUT2D eigenvalue weighted by Gasteiger charge is 2.12. The molecule has 0 aliphatic heterocycles. The number of hydrogen-bond acceptors (Lipinski definition) is 3. The maximum atomic E-state index is 4.40. The van der Waals surface area contributed by atoms with Crippen molar-refractivity contribution < 1.29 is 0 Å². The SMILES string of the molecule is CC[C@@H](C)N(CC#Cc1ccccc1)Cc1cnc2nccn2c1. The predicted molar refractivity (Wildman–Crippen MR) is 96.5 cm³/mol. The third-order valence-electron chi connectivity index (χ3n) is 4.19. The molecule has 0 aliphatic rings. The van der Waals surface area contributed by atoms with Crippen LogP contribution < -0.4 is 0 Å². The zero-order chi connectivity index (χ0) is 16.8. The van der Waals surface area contributed by atoms with Crippen molar-refractivity contribution in [3.05, 3.63) is 66.2 Å². The largest absolute Gasteiger partial charge is 0.291 e. The fourth-order valence-electron chi connectivity index (χ4n) is 2.57. The monoisotopic (exact) mass is 318 g/mol. The average molecular weight is 318 g/mol. The van der Waals surface area contributed by atoms with E-state index in [4.69, 9.17) is 0 Å². The topological polar surface area (TPSA) is 33.4 Å². The van der Waals surface area contributed by atoms with Gasteiger partial charge < -0.3 is 0 Å². The Kier molecular flexibility index (Phi) is 5.25. The third-order valence-corrected chi connectivity index (χ3v) is 4.19. The molecule has 24 heavy (non-hydrogen) atoms. The molecule has 0 spiro atoms. The lowest BCUT2D eigenvalue weighted by Gasteiger charge is -2.26. The van der Waals surface area contributed by atoms with Crippen molar-refractivity contribution in [2.24, 2.45) is 0 Å². The summed E-state index contributed by atoms with van der Waals surface area (Å²) in [5.74, 6) is 7.28. The Labute approximate surface area is 143 Å². The number of hydrogen-bond donors (Lipinski definition) is 0. The van der Waals surface area contributed by atoms with E-state index in [9.17, 15) is 0 Å². The van der Waals surface area contributed by atoms with E-state index in [1.165, 1.54) is 5.56 Å². The van der Waals surface area contributed by atoms with Crippen molar-refractivity contribution in [3.63, 3.8) is 0 Å². The van der Waals surface area contributed by atoms with Crippen LogP contribution in [0.4, 0.5) is 0 Å². The van der Waals surface area contributed by atoms with Gasteiger partial charge in [0.2, 0.25) is 5.78 Å². The molecule has 0 N–H and O–H groups in total. The van der Waals surface area contributed by atoms with Crippen LogP contribution in [0.2, 0.25) is 0 Å². The van der Waals surface area contributed by atoms with Crippen LogP contribution in [-0.4, -0.2) is 31.9 Å². The molecule has 0 saturated carbocycles. The highest BCUT2D eigenvalue weighted by Crippen LogP contribution is 2.10. The molecule has 4 nitrogen and oxygen atoms in total. The molecule has 0 aliphatic carbocycles. The van der Waals surface area contributed by atoms with Crippen LogP contribution >= 0.6 is 0 Å². The molecule has 2 heterocycles. The first-order chi connectivity index (χ1) is 11.8. The number of benzene rings is 1. The van der Waals surface area contributed by atoms with E-state index in [-0.39, 0.29) is 0 Å². The Hall–Kier alpha value is -2.64. The molecule has 1 atom stereocenters. The van der Waals surface area contributed by atoms with Crippen LogP contribution in [0.5, 0.6) is 0 Å². The lowest BCUT2D eigenvalue weighted by molar-refractivity contribution is 0.220. The highest BCUT2D eigenvalue weighted by atomic mass is 15.1. The normalized spacial score (nSPS) is 12.1. The molecule has 0 unspecified atom stereocenters. The first-order valence-corrected chi connectivity index (χ1v) is 8.32. The van der Waals surface area contributed by atoms with E-state index in [0.29, 0.717) is 6.04 Å². The molecule has 122 valence electrons. The third kappa shape index (κ3) is 4.01. The van der Waals surface area contributed by atoms with Crippen molar-refractivity contribution in [1.82, 2.24) is 19.3 Å². The summed E-state index contributed by atoms with van der Waals surface area (Å²) in [5, 5.41) is 0. The van der Waals surface area contributed by atoms with Gasteiger partial charge in [-0.1, -0.05) is 37.0 Å². The summed E-state index contributed by atoms with van der Waals surface area (Å²) in [6.45, 7) is 6.03. The summed E-state index contributed by atoms with van der Waals surface area (Å²) in [6.07, 6.45) is 8.78. The molecule has 2 aromatic heterocycles. The molecule has 3 rings (SSSR count). The van der Waals surface area contributed by atoms with E-state index in [1.54, 1.807) is 6.20 Å². The number of imidazole rings is 1. The van der Waals surface area contributed by atoms with Crippen molar-refractivity contribution in [1.29, 1.82) is 0 Å². The van der Waals surface area contributed by atoms with Gasteiger partial charge in [-0.25, -0.2) is 9.97 Å². The van der Waals surface area contributed by atoms with Crippen LogP contribution in [0, 0.1) is 11.8 Å². The second-order valence-corrected chi connectivity index (χ2v) is 5.93. The molecule has 0 fully saturated rings. The summed E-state index contributed by atoms with van der Waals surface area (Å²) in [5.41, 5.74) is 2.23. The van der Waals surface area contributed by atoms with Crippen LogP contribution in [-0.2, 0) is 6.54 Å². The number of aromatic nitrogens is 3. The summed E-state index contributed by atoms with van der Waals surface area (Å²) in [7, 11) is 0. The molecule has 0 saturated heterocycles. The Morgan fingerprint density at radius 1 is 1.21 bits per heavy atom. The standard InChI is InChI=1S/C20H22N4/c1-3-17(2)23(12-7-10-18-8-5-4-6-9-18)15-19-14-22-20-21-11-13-24(20)16-19/h4-6,8-9,11,13-14,16-17H,3,12,15H2,1-2H3/t17-/m1/s1. The van der Waals surface area contributed by atoms with Crippen molar-refractivity contribution in [2.45, 2.75) is 32.9 Å². The minimum Gasteiger partial charge on any atom is -0.291 e. The van der Waals surface area contributed by atoms with Gasteiger partial charge in [0.25, 0.3) is 0 Å². The van der Waals surface area contributed by atoms with E-state index in [2.05, 4.69) is 46.8 Å². The maximum Gasteiger partial charge on any atom is 0.233 e. The quantitative estimate of drug-likeness (QED) is 0.676. The maximum absolute atomic E-state index is 4.40. The van der Waals surface area contributed by atoms with Gasteiger partial charge in [0.1, 0.15) is 0 Å². The zero-order valence-electron chi connectivity index (χ0n) is 14.2. The summed E-state index contributed by atoms with van der Waals surface area (Å²) >= 11 is 0. The first kappa shape index (κ1) is 16.2. The molecule has 4 heteroatoms. The molecule has 1 aromatic carbocycles. The Balaban J connectivity index is 1.73. The lowest BCUT2D eigenvalue weighted by atomic mass is 10.2. The van der Waals surface area contributed by atoms with E-state index in [1.807, 2.05) is 47.1 Å². The van der Waals surface area contributed by atoms with Crippen molar-refractivity contribution >= 4 is 5.78 Å². The Morgan fingerprint density at radius 3 is 2.83 bits per heavy atom. The molecule has 0 bridgehead atoms.